The van der Waals surface area contributed by atoms with Crippen LogP contribution in [0.2, 0.25) is 0 Å². The van der Waals surface area contributed by atoms with E-state index in [1.165, 1.54) is 4.88 Å². The molecule has 0 aliphatic rings. The highest BCUT2D eigenvalue weighted by Crippen LogP contribution is 2.26. The third kappa shape index (κ3) is 3.68. The van der Waals surface area contributed by atoms with E-state index in [4.69, 9.17) is 4.52 Å². The molecular formula is C16H23N3O2S. The molecule has 0 aromatic carbocycles. The Kier molecular flexibility index (Phi) is 5.24. The van der Waals surface area contributed by atoms with Crippen LogP contribution >= 0.6 is 11.3 Å². The number of aryl methyl sites for hydroxylation is 2. The zero-order valence-corrected chi connectivity index (χ0v) is 14.5. The SMILES string of the molecule is Cc1noc(C)c1CN(C)C(=O)NC(c1cccs1)C(C)C. The lowest BCUT2D eigenvalue weighted by Crippen LogP contribution is -2.40. The summed E-state index contributed by atoms with van der Waals surface area (Å²) in [6.07, 6.45) is 0. The lowest BCUT2D eigenvalue weighted by atomic mass is 10.0. The molecule has 0 aliphatic heterocycles. The molecule has 0 fully saturated rings. The first-order valence-corrected chi connectivity index (χ1v) is 8.25. The van der Waals surface area contributed by atoms with Gasteiger partial charge in [-0.25, -0.2) is 4.79 Å². The number of rotatable bonds is 5. The predicted molar refractivity (Wildman–Crippen MR) is 87.9 cm³/mol. The fraction of sp³-hybridized carbons (Fsp3) is 0.500. The average molecular weight is 321 g/mol. The van der Waals surface area contributed by atoms with E-state index in [1.54, 1.807) is 23.3 Å². The Bertz CT molecular complexity index is 600. The average Bonchev–Trinajstić information content (AvgIpc) is 3.09. The molecule has 0 saturated carbocycles. The highest BCUT2D eigenvalue weighted by atomic mass is 32.1. The van der Waals surface area contributed by atoms with Crippen molar-refractivity contribution in [2.75, 3.05) is 7.05 Å². The number of carbonyl (C=O) groups excluding carboxylic acids is 1. The maximum absolute atomic E-state index is 12.5. The molecule has 2 rings (SSSR count). The summed E-state index contributed by atoms with van der Waals surface area (Å²) in [5.74, 6) is 1.09. The van der Waals surface area contributed by atoms with Gasteiger partial charge in [-0.15, -0.1) is 11.3 Å². The predicted octanol–water partition coefficient (Wildman–Crippen LogP) is 3.89. The summed E-state index contributed by atoms with van der Waals surface area (Å²) in [6, 6.07) is 4.01. The van der Waals surface area contributed by atoms with E-state index in [2.05, 4.69) is 30.4 Å². The van der Waals surface area contributed by atoms with Crippen molar-refractivity contribution in [3.05, 3.63) is 39.4 Å². The Morgan fingerprint density at radius 1 is 1.45 bits per heavy atom. The fourth-order valence-corrected chi connectivity index (χ4v) is 3.26. The third-order valence-electron chi connectivity index (χ3n) is 3.72. The molecular weight excluding hydrogens is 298 g/mol. The van der Waals surface area contributed by atoms with E-state index in [0.717, 1.165) is 17.0 Å². The van der Waals surface area contributed by atoms with Gasteiger partial charge in [-0.2, -0.15) is 0 Å². The molecule has 2 aromatic rings. The Hall–Kier alpha value is -1.82. The summed E-state index contributed by atoms with van der Waals surface area (Å²) in [6.45, 7) is 8.46. The summed E-state index contributed by atoms with van der Waals surface area (Å²) < 4.78 is 5.15. The Morgan fingerprint density at radius 3 is 2.68 bits per heavy atom. The summed E-state index contributed by atoms with van der Waals surface area (Å²) >= 11 is 1.67. The van der Waals surface area contributed by atoms with Crippen LogP contribution in [0.3, 0.4) is 0 Å². The molecule has 6 heteroatoms. The van der Waals surface area contributed by atoms with Gasteiger partial charge in [-0.1, -0.05) is 25.1 Å². The smallest absolute Gasteiger partial charge is 0.317 e. The van der Waals surface area contributed by atoms with Crippen molar-refractivity contribution in [2.45, 2.75) is 40.3 Å². The third-order valence-corrected chi connectivity index (χ3v) is 4.67. The molecule has 0 radical (unpaired) electrons. The first-order valence-electron chi connectivity index (χ1n) is 7.37. The van der Waals surface area contributed by atoms with E-state index >= 15 is 0 Å². The Morgan fingerprint density at radius 2 is 2.18 bits per heavy atom. The van der Waals surface area contributed by atoms with Crippen LogP contribution in [-0.4, -0.2) is 23.1 Å². The van der Waals surface area contributed by atoms with Crippen LogP contribution in [-0.2, 0) is 6.54 Å². The lowest BCUT2D eigenvalue weighted by molar-refractivity contribution is 0.199. The largest absolute Gasteiger partial charge is 0.361 e. The number of carbonyl (C=O) groups is 1. The van der Waals surface area contributed by atoms with Gasteiger partial charge in [0, 0.05) is 17.5 Å². The zero-order chi connectivity index (χ0) is 16.3. The van der Waals surface area contributed by atoms with Gasteiger partial charge < -0.3 is 14.7 Å². The number of nitrogens with zero attached hydrogens (tertiary/aromatic N) is 2. The highest BCUT2D eigenvalue weighted by molar-refractivity contribution is 7.10. The van der Waals surface area contributed by atoms with Crippen LogP contribution in [0.5, 0.6) is 0 Å². The minimum Gasteiger partial charge on any atom is -0.361 e. The molecule has 0 aliphatic carbocycles. The van der Waals surface area contributed by atoms with Gasteiger partial charge in [-0.05, 0) is 31.2 Å². The number of nitrogens with one attached hydrogen (secondary N) is 1. The van der Waals surface area contributed by atoms with Gasteiger partial charge in [-0.3, -0.25) is 0 Å². The first kappa shape index (κ1) is 16.5. The second-order valence-electron chi connectivity index (χ2n) is 5.85. The van der Waals surface area contributed by atoms with Gasteiger partial charge in [0.1, 0.15) is 5.76 Å². The molecule has 2 amide bonds. The van der Waals surface area contributed by atoms with Crippen LogP contribution in [0.25, 0.3) is 0 Å². The summed E-state index contributed by atoms with van der Waals surface area (Å²) in [7, 11) is 1.78. The molecule has 22 heavy (non-hydrogen) atoms. The molecule has 0 spiro atoms. The minimum absolute atomic E-state index is 0.0274. The maximum Gasteiger partial charge on any atom is 0.317 e. The Labute approximate surface area is 135 Å². The normalized spacial score (nSPS) is 12.5. The molecule has 5 nitrogen and oxygen atoms in total. The minimum atomic E-state index is -0.0906. The van der Waals surface area contributed by atoms with Gasteiger partial charge in [0.25, 0.3) is 0 Å². The maximum atomic E-state index is 12.5. The van der Waals surface area contributed by atoms with Crippen molar-refractivity contribution in [2.24, 2.45) is 5.92 Å². The van der Waals surface area contributed by atoms with Crippen LogP contribution in [0.4, 0.5) is 4.79 Å². The summed E-state index contributed by atoms with van der Waals surface area (Å²) in [4.78, 5) is 15.3. The van der Waals surface area contributed by atoms with Crippen molar-refractivity contribution < 1.29 is 9.32 Å². The van der Waals surface area contributed by atoms with Gasteiger partial charge in [0.05, 0.1) is 18.3 Å². The molecule has 0 bridgehead atoms. The van der Waals surface area contributed by atoms with Crippen molar-refractivity contribution in [1.29, 1.82) is 0 Å². The monoisotopic (exact) mass is 321 g/mol. The molecule has 1 N–H and O–H groups in total. The van der Waals surface area contributed by atoms with E-state index in [-0.39, 0.29) is 12.1 Å². The molecule has 1 unspecified atom stereocenters. The van der Waals surface area contributed by atoms with Crippen LogP contribution in [0.15, 0.2) is 22.0 Å². The zero-order valence-electron chi connectivity index (χ0n) is 13.7. The number of thiophene rings is 1. The van der Waals surface area contributed by atoms with Crippen molar-refractivity contribution >= 4 is 17.4 Å². The molecule has 120 valence electrons. The molecule has 2 heterocycles. The van der Waals surface area contributed by atoms with Crippen LogP contribution < -0.4 is 5.32 Å². The standard InChI is InChI=1S/C16H23N3O2S/c1-10(2)15(14-7-6-8-22-14)17-16(20)19(5)9-13-11(3)18-21-12(13)4/h6-8,10,15H,9H2,1-5H3,(H,17,20). The van der Waals surface area contributed by atoms with E-state index in [1.807, 2.05) is 25.3 Å². The summed E-state index contributed by atoms with van der Waals surface area (Å²) in [5.41, 5.74) is 1.80. The van der Waals surface area contributed by atoms with E-state index in [0.29, 0.717) is 12.5 Å². The number of amides is 2. The van der Waals surface area contributed by atoms with E-state index < -0.39 is 0 Å². The molecule has 1 atom stereocenters. The topological polar surface area (TPSA) is 58.4 Å². The summed E-state index contributed by atoms with van der Waals surface area (Å²) in [5, 5.41) is 9.08. The number of urea groups is 1. The number of aromatic nitrogens is 1. The second kappa shape index (κ2) is 6.96. The Balaban J connectivity index is 2.04. The van der Waals surface area contributed by atoms with Gasteiger partial charge >= 0.3 is 6.03 Å². The quantitative estimate of drug-likeness (QED) is 0.909. The first-order chi connectivity index (χ1) is 10.4. The number of hydrogen-bond donors (Lipinski definition) is 1. The van der Waals surface area contributed by atoms with Crippen molar-refractivity contribution in [3.63, 3.8) is 0 Å². The van der Waals surface area contributed by atoms with Crippen LogP contribution in [0.1, 0.15) is 41.8 Å². The van der Waals surface area contributed by atoms with E-state index in [9.17, 15) is 4.79 Å². The van der Waals surface area contributed by atoms with Gasteiger partial charge in [0.2, 0.25) is 0 Å². The molecule has 2 aromatic heterocycles. The van der Waals surface area contributed by atoms with Crippen molar-refractivity contribution in [3.8, 4) is 0 Å². The van der Waals surface area contributed by atoms with Gasteiger partial charge in [0.15, 0.2) is 0 Å². The highest BCUT2D eigenvalue weighted by Gasteiger charge is 2.22. The van der Waals surface area contributed by atoms with Crippen molar-refractivity contribution in [1.82, 2.24) is 15.4 Å². The fourth-order valence-electron chi connectivity index (χ4n) is 2.31. The molecule has 0 saturated heterocycles. The number of hydrogen-bond acceptors (Lipinski definition) is 4. The second-order valence-corrected chi connectivity index (χ2v) is 6.82. The lowest BCUT2D eigenvalue weighted by Gasteiger charge is -2.25. The van der Waals surface area contributed by atoms with Crippen LogP contribution in [0, 0.1) is 19.8 Å².